The van der Waals surface area contributed by atoms with Gasteiger partial charge < -0.3 is 10.2 Å². The van der Waals surface area contributed by atoms with E-state index in [1.54, 1.807) is 0 Å². The number of thiophene rings is 1. The fourth-order valence-corrected chi connectivity index (χ4v) is 2.74. The molecule has 2 amide bonds. The molecule has 0 radical (unpaired) electrons. The van der Waals surface area contributed by atoms with Crippen molar-refractivity contribution in [2.24, 2.45) is 0 Å². The molecule has 0 atom stereocenters. The Morgan fingerprint density at radius 2 is 2.27 bits per heavy atom. The number of rotatable bonds is 1. The summed E-state index contributed by atoms with van der Waals surface area (Å²) in [4.78, 5) is 13.6. The van der Waals surface area contributed by atoms with Crippen molar-refractivity contribution in [3.05, 3.63) is 15.9 Å². The van der Waals surface area contributed by atoms with Gasteiger partial charge in [0, 0.05) is 36.0 Å². The zero-order chi connectivity index (χ0) is 10.7. The maximum Gasteiger partial charge on any atom is 0.322 e. The van der Waals surface area contributed by atoms with Crippen LogP contribution in [-0.4, -0.2) is 37.1 Å². The number of anilines is 1. The molecule has 4 nitrogen and oxygen atoms in total. The topological polar surface area (TPSA) is 44.4 Å². The predicted molar refractivity (Wildman–Crippen MR) is 65.5 cm³/mol. The monoisotopic (exact) mass is 289 g/mol. The van der Waals surface area contributed by atoms with E-state index in [0.717, 1.165) is 35.7 Å². The van der Waals surface area contributed by atoms with Crippen molar-refractivity contribution in [3.8, 4) is 0 Å². The van der Waals surface area contributed by atoms with Gasteiger partial charge in [-0.25, -0.2) is 4.79 Å². The van der Waals surface area contributed by atoms with Crippen molar-refractivity contribution in [2.75, 3.05) is 31.5 Å². The molecule has 1 aromatic rings. The van der Waals surface area contributed by atoms with Crippen LogP contribution in [0.25, 0.3) is 0 Å². The minimum atomic E-state index is -0.00847. The van der Waals surface area contributed by atoms with E-state index in [4.69, 9.17) is 0 Å². The molecule has 15 heavy (non-hydrogen) atoms. The van der Waals surface area contributed by atoms with Crippen LogP contribution in [0.3, 0.4) is 0 Å². The van der Waals surface area contributed by atoms with Gasteiger partial charge in [-0.3, -0.25) is 5.32 Å². The Bertz CT molecular complexity index is 349. The summed E-state index contributed by atoms with van der Waals surface area (Å²) < 4.78 is 1.00. The molecule has 1 fully saturated rings. The van der Waals surface area contributed by atoms with Gasteiger partial charge in [0.15, 0.2) is 0 Å². The van der Waals surface area contributed by atoms with E-state index in [-0.39, 0.29) is 6.03 Å². The lowest BCUT2D eigenvalue weighted by molar-refractivity contribution is 0.204. The average Bonchev–Trinajstić information content (AvgIpc) is 2.65. The number of nitrogens with zero attached hydrogens (tertiary/aromatic N) is 1. The first-order valence-electron chi connectivity index (χ1n) is 4.76. The Balaban J connectivity index is 1.91. The second kappa shape index (κ2) is 4.96. The number of carbonyl (C=O) groups excluding carboxylic acids is 1. The van der Waals surface area contributed by atoms with Crippen molar-refractivity contribution in [1.29, 1.82) is 0 Å². The zero-order valence-electron chi connectivity index (χ0n) is 8.12. The van der Waals surface area contributed by atoms with E-state index in [1.807, 2.05) is 16.3 Å². The number of halogens is 1. The van der Waals surface area contributed by atoms with Crippen LogP contribution in [0.1, 0.15) is 0 Å². The zero-order valence-corrected chi connectivity index (χ0v) is 10.5. The Morgan fingerprint density at radius 1 is 1.53 bits per heavy atom. The summed E-state index contributed by atoms with van der Waals surface area (Å²) in [5.74, 6) is 0. The molecule has 1 aliphatic heterocycles. The molecule has 2 heterocycles. The molecule has 2 rings (SSSR count). The van der Waals surface area contributed by atoms with Gasteiger partial charge in [0.25, 0.3) is 0 Å². The van der Waals surface area contributed by atoms with Gasteiger partial charge in [0.2, 0.25) is 0 Å². The lowest BCUT2D eigenvalue weighted by Gasteiger charge is -2.27. The summed E-state index contributed by atoms with van der Waals surface area (Å²) in [5.41, 5.74) is 0. The summed E-state index contributed by atoms with van der Waals surface area (Å²) in [7, 11) is 0. The highest BCUT2D eigenvalue weighted by atomic mass is 79.9. The molecule has 82 valence electrons. The molecule has 0 aliphatic carbocycles. The van der Waals surface area contributed by atoms with Gasteiger partial charge >= 0.3 is 6.03 Å². The van der Waals surface area contributed by atoms with Crippen LogP contribution in [-0.2, 0) is 0 Å². The van der Waals surface area contributed by atoms with Crippen LogP contribution < -0.4 is 10.6 Å². The van der Waals surface area contributed by atoms with Crippen LogP contribution in [0.2, 0.25) is 0 Å². The minimum Gasteiger partial charge on any atom is -0.322 e. The first-order valence-corrected chi connectivity index (χ1v) is 6.43. The molecule has 0 bridgehead atoms. The molecule has 0 saturated carbocycles. The third-order valence-electron chi connectivity index (χ3n) is 2.20. The number of hydrogen-bond donors (Lipinski definition) is 2. The highest BCUT2D eigenvalue weighted by molar-refractivity contribution is 9.10. The van der Waals surface area contributed by atoms with Crippen LogP contribution in [0.5, 0.6) is 0 Å². The van der Waals surface area contributed by atoms with Crippen molar-refractivity contribution in [1.82, 2.24) is 10.2 Å². The number of nitrogens with one attached hydrogen (secondary N) is 2. The molecular weight excluding hydrogens is 278 g/mol. The highest BCUT2D eigenvalue weighted by Gasteiger charge is 2.16. The SMILES string of the molecule is O=C(Nc1cc(Br)cs1)N1CCNCC1. The third-order valence-corrected chi connectivity index (χ3v) is 3.81. The molecule has 6 heteroatoms. The standard InChI is InChI=1S/C9H12BrN3OS/c10-7-5-8(15-6-7)12-9(14)13-3-1-11-2-4-13/h5-6,11H,1-4H2,(H,12,14). The van der Waals surface area contributed by atoms with E-state index < -0.39 is 0 Å². The maximum atomic E-state index is 11.8. The Labute approximate surface area is 101 Å². The summed E-state index contributed by atoms with van der Waals surface area (Å²) in [6.45, 7) is 3.31. The van der Waals surface area contributed by atoms with Crippen molar-refractivity contribution >= 4 is 38.3 Å². The van der Waals surface area contributed by atoms with Gasteiger partial charge in [0.05, 0.1) is 5.00 Å². The largest absolute Gasteiger partial charge is 0.322 e. The van der Waals surface area contributed by atoms with Crippen LogP contribution in [0.4, 0.5) is 9.80 Å². The van der Waals surface area contributed by atoms with Gasteiger partial charge in [-0.2, -0.15) is 0 Å². The lowest BCUT2D eigenvalue weighted by Crippen LogP contribution is -2.47. The summed E-state index contributed by atoms with van der Waals surface area (Å²) >= 11 is 4.87. The van der Waals surface area contributed by atoms with E-state index in [1.165, 1.54) is 11.3 Å². The summed E-state index contributed by atoms with van der Waals surface area (Å²) in [6.07, 6.45) is 0. The highest BCUT2D eigenvalue weighted by Crippen LogP contribution is 2.24. The lowest BCUT2D eigenvalue weighted by atomic mass is 10.4. The van der Waals surface area contributed by atoms with E-state index >= 15 is 0 Å². The van der Waals surface area contributed by atoms with Gasteiger partial charge in [-0.1, -0.05) is 0 Å². The number of amides is 2. The number of hydrogen-bond acceptors (Lipinski definition) is 3. The average molecular weight is 290 g/mol. The Morgan fingerprint density at radius 3 is 2.87 bits per heavy atom. The van der Waals surface area contributed by atoms with Crippen molar-refractivity contribution in [2.45, 2.75) is 0 Å². The summed E-state index contributed by atoms with van der Waals surface area (Å²) in [6, 6.07) is 1.90. The molecule has 2 N–H and O–H groups in total. The van der Waals surface area contributed by atoms with Gasteiger partial charge in [-0.15, -0.1) is 11.3 Å². The quantitative estimate of drug-likeness (QED) is 0.830. The number of piperazine rings is 1. The molecule has 1 aliphatic rings. The van der Waals surface area contributed by atoms with E-state index in [9.17, 15) is 4.79 Å². The molecule has 1 aromatic heterocycles. The predicted octanol–water partition coefficient (Wildman–Crippen LogP) is 1.95. The molecule has 0 spiro atoms. The van der Waals surface area contributed by atoms with Crippen LogP contribution in [0, 0.1) is 0 Å². The first kappa shape index (κ1) is 10.9. The number of urea groups is 1. The molecule has 0 aromatic carbocycles. The number of carbonyl (C=O) groups is 1. The second-order valence-electron chi connectivity index (χ2n) is 3.30. The van der Waals surface area contributed by atoms with Crippen LogP contribution in [0.15, 0.2) is 15.9 Å². The smallest absolute Gasteiger partial charge is 0.322 e. The van der Waals surface area contributed by atoms with Crippen LogP contribution >= 0.6 is 27.3 Å². The second-order valence-corrected chi connectivity index (χ2v) is 5.12. The molecule has 0 unspecified atom stereocenters. The van der Waals surface area contributed by atoms with E-state index in [2.05, 4.69) is 26.6 Å². The van der Waals surface area contributed by atoms with Crippen molar-refractivity contribution in [3.63, 3.8) is 0 Å². The summed E-state index contributed by atoms with van der Waals surface area (Å²) in [5, 5.41) is 8.92. The molecule has 1 saturated heterocycles. The minimum absolute atomic E-state index is 0.00847. The third kappa shape index (κ3) is 2.93. The normalized spacial score (nSPS) is 16.5. The fraction of sp³-hybridized carbons (Fsp3) is 0.444. The van der Waals surface area contributed by atoms with Crippen molar-refractivity contribution < 1.29 is 4.79 Å². The van der Waals surface area contributed by atoms with Gasteiger partial charge in [0.1, 0.15) is 0 Å². The maximum absolute atomic E-state index is 11.8. The fourth-order valence-electron chi connectivity index (χ4n) is 1.43. The molecular formula is C9H12BrN3OS. The first-order chi connectivity index (χ1) is 7.25. The Kier molecular flexibility index (Phi) is 3.61. The Hall–Kier alpha value is -0.590. The van der Waals surface area contributed by atoms with E-state index in [0.29, 0.717) is 0 Å². The van der Waals surface area contributed by atoms with Gasteiger partial charge in [-0.05, 0) is 22.0 Å².